The smallest absolute Gasteiger partial charge is 0.244 e. The Morgan fingerprint density at radius 3 is 2.00 bits per heavy atom. The van der Waals surface area contributed by atoms with Crippen LogP contribution in [0.15, 0.2) is 0 Å². The Kier molecular flexibility index (Phi) is 6.92. The first-order valence-corrected chi connectivity index (χ1v) is 8.71. The van der Waals surface area contributed by atoms with E-state index in [1.54, 1.807) is 0 Å². The van der Waals surface area contributed by atoms with Gasteiger partial charge in [-0.05, 0) is 44.9 Å². The molecular formula is C9H21O2PS2. The van der Waals surface area contributed by atoms with Crippen molar-refractivity contribution in [2.45, 2.75) is 53.2 Å². The summed E-state index contributed by atoms with van der Waals surface area (Å²) in [5.74, 6) is 0.604. The van der Waals surface area contributed by atoms with E-state index < -0.39 is 5.69 Å². The summed E-state index contributed by atoms with van der Waals surface area (Å²) in [4.78, 5) is 0. The molecule has 0 aliphatic heterocycles. The van der Waals surface area contributed by atoms with Gasteiger partial charge in [-0.15, -0.1) is 0 Å². The van der Waals surface area contributed by atoms with Crippen molar-refractivity contribution in [1.82, 2.24) is 0 Å². The van der Waals surface area contributed by atoms with E-state index in [9.17, 15) is 0 Å². The number of hydrogen-bond acceptors (Lipinski definition) is 3. The van der Waals surface area contributed by atoms with Gasteiger partial charge in [-0.2, -0.15) is 0 Å². The predicted octanol–water partition coefficient (Wildman–Crippen LogP) is 4.02. The molecule has 0 aromatic carbocycles. The van der Waals surface area contributed by atoms with Crippen LogP contribution in [0.2, 0.25) is 0 Å². The minimum Gasteiger partial charge on any atom is -0.319 e. The molecule has 0 radical (unpaired) electrons. The average Bonchev–Trinajstić information content (AvgIpc) is 1.77. The van der Waals surface area contributed by atoms with E-state index in [2.05, 4.69) is 26.1 Å². The predicted molar refractivity (Wildman–Crippen MR) is 69.5 cm³/mol. The molecule has 0 saturated heterocycles. The van der Waals surface area contributed by atoms with E-state index in [1.807, 2.05) is 20.8 Å². The van der Waals surface area contributed by atoms with Crippen LogP contribution in [-0.4, -0.2) is 12.2 Å². The quantitative estimate of drug-likeness (QED) is 0.572. The van der Waals surface area contributed by atoms with Gasteiger partial charge in [-0.25, -0.2) is 0 Å². The topological polar surface area (TPSA) is 18.5 Å². The average molecular weight is 256 g/mol. The van der Waals surface area contributed by atoms with Crippen molar-refractivity contribution in [3.63, 3.8) is 0 Å². The summed E-state index contributed by atoms with van der Waals surface area (Å²) in [5, 5.41) is 0. The monoisotopic (exact) mass is 256 g/mol. The third-order valence-electron chi connectivity index (χ3n) is 1.46. The Balaban J connectivity index is 4.02. The molecule has 0 saturated carbocycles. The van der Waals surface area contributed by atoms with Gasteiger partial charge in [0.25, 0.3) is 0 Å². The highest BCUT2D eigenvalue weighted by molar-refractivity contribution is 8.60. The van der Waals surface area contributed by atoms with Crippen LogP contribution in [0.5, 0.6) is 0 Å². The Morgan fingerprint density at radius 2 is 1.64 bits per heavy atom. The summed E-state index contributed by atoms with van der Waals surface area (Å²) < 4.78 is 11.1. The van der Waals surface area contributed by atoms with Gasteiger partial charge >= 0.3 is 0 Å². The van der Waals surface area contributed by atoms with E-state index in [0.29, 0.717) is 5.92 Å². The minimum absolute atomic E-state index is 0.0737. The van der Waals surface area contributed by atoms with Gasteiger partial charge < -0.3 is 9.05 Å². The highest BCUT2D eigenvalue weighted by atomic mass is 32.9. The molecule has 0 rings (SSSR count). The fraction of sp³-hybridized carbons (Fsp3) is 1.00. The molecule has 5 heteroatoms. The van der Waals surface area contributed by atoms with Crippen molar-refractivity contribution in [2.24, 2.45) is 5.92 Å². The summed E-state index contributed by atoms with van der Waals surface area (Å²) in [6.07, 6.45) is 1.18. The molecule has 0 aromatic rings. The van der Waals surface area contributed by atoms with E-state index in [4.69, 9.17) is 20.9 Å². The van der Waals surface area contributed by atoms with Crippen LogP contribution in [0.4, 0.5) is 0 Å². The molecule has 0 amide bonds. The highest BCUT2D eigenvalue weighted by Crippen LogP contribution is 2.55. The minimum atomic E-state index is -2.33. The van der Waals surface area contributed by atoms with Crippen LogP contribution in [0, 0.1) is 5.92 Å². The lowest BCUT2D eigenvalue weighted by Crippen LogP contribution is -2.10. The van der Waals surface area contributed by atoms with Crippen LogP contribution >= 0.6 is 17.9 Å². The molecule has 0 heterocycles. The van der Waals surface area contributed by atoms with E-state index >= 15 is 0 Å². The Hall–Kier alpha value is 0.920. The highest BCUT2D eigenvalue weighted by Gasteiger charge is 2.19. The van der Waals surface area contributed by atoms with Gasteiger partial charge in [-0.3, -0.25) is 0 Å². The molecule has 86 valence electrons. The summed E-state index contributed by atoms with van der Waals surface area (Å²) >= 11 is 9.45. The fourth-order valence-electron chi connectivity index (χ4n) is 1.23. The SMILES string of the molecule is CC(C)CC(C)OP(=S)(S)OC(C)C. The zero-order chi connectivity index (χ0) is 11.4. The number of thiol groups is 1. The Labute approximate surface area is 98.1 Å². The van der Waals surface area contributed by atoms with Crippen LogP contribution in [0.3, 0.4) is 0 Å². The molecule has 0 aliphatic carbocycles. The summed E-state index contributed by atoms with van der Waals surface area (Å²) in [5.41, 5.74) is -2.33. The lowest BCUT2D eigenvalue weighted by atomic mass is 10.1. The van der Waals surface area contributed by atoms with Crippen LogP contribution in [-0.2, 0) is 20.9 Å². The van der Waals surface area contributed by atoms with Gasteiger partial charge in [-0.1, -0.05) is 26.1 Å². The molecule has 0 bridgehead atoms. The first-order valence-electron chi connectivity index (χ1n) is 4.92. The standard InChI is InChI=1S/C9H21O2PS2/c1-7(2)6-9(5)11-12(13,14)10-8(3)4/h7-9H,6H2,1-5H3,(H,13,14). The zero-order valence-corrected chi connectivity index (χ0v) is 12.2. The molecule has 2 atom stereocenters. The van der Waals surface area contributed by atoms with Gasteiger partial charge in [0.15, 0.2) is 0 Å². The van der Waals surface area contributed by atoms with Crippen LogP contribution in [0.25, 0.3) is 0 Å². The normalized spacial score (nSPS) is 18.6. The fourth-order valence-corrected chi connectivity index (χ4v) is 4.35. The lowest BCUT2D eigenvalue weighted by molar-refractivity contribution is 0.161. The summed E-state index contributed by atoms with van der Waals surface area (Å²) in [6.45, 7) is 10.2. The second-order valence-electron chi connectivity index (χ2n) is 4.17. The van der Waals surface area contributed by atoms with Gasteiger partial charge in [0, 0.05) is 0 Å². The van der Waals surface area contributed by atoms with Crippen molar-refractivity contribution in [3.8, 4) is 0 Å². The second kappa shape index (κ2) is 6.49. The molecule has 0 spiro atoms. The van der Waals surface area contributed by atoms with Gasteiger partial charge in [0.1, 0.15) is 0 Å². The first-order chi connectivity index (χ1) is 6.23. The van der Waals surface area contributed by atoms with Crippen molar-refractivity contribution in [2.75, 3.05) is 0 Å². The molecule has 0 N–H and O–H groups in total. The molecule has 2 nitrogen and oxygen atoms in total. The Morgan fingerprint density at radius 1 is 1.14 bits per heavy atom. The molecule has 2 unspecified atom stereocenters. The molecule has 0 aromatic heterocycles. The maximum absolute atomic E-state index is 5.63. The lowest BCUT2D eigenvalue weighted by Gasteiger charge is -2.24. The van der Waals surface area contributed by atoms with Crippen molar-refractivity contribution < 1.29 is 9.05 Å². The van der Waals surface area contributed by atoms with Crippen molar-refractivity contribution in [1.29, 1.82) is 0 Å². The second-order valence-corrected chi connectivity index (χ2v) is 9.36. The summed E-state index contributed by atoms with van der Waals surface area (Å²) in [6, 6.07) is 0. The van der Waals surface area contributed by atoms with Crippen molar-refractivity contribution in [3.05, 3.63) is 0 Å². The molecule has 0 aliphatic rings. The van der Waals surface area contributed by atoms with Crippen LogP contribution in [0.1, 0.15) is 41.0 Å². The number of hydrogen-bond donors (Lipinski definition) is 1. The molecule has 0 fully saturated rings. The van der Waals surface area contributed by atoms with Crippen molar-refractivity contribution >= 4 is 29.7 Å². The first kappa shape index (κ1) is 14.9. The number of rotatable bonds is 6. The third-order valence-corrected chi connectivity index (χ3v) is 3.86. The van der Waals surface area contributed by atoms with Gasteiger partial charge in [0.05, 0.1) is 12.2 Å². The summed E-state index contributed by atoms with van der Waals surface area (Å²) in [7, 11) is 0. The maximum Gasteiger partial charge on any atom is 0.244 e. The maximum atomic E-state index is 5.63. The van der Waals surface area contributed by atoms with Crippen LogP contribution < -0.4 is 0 Å². The Bertz CT molecular complexity index is 207. The van der Waals surface area contributed by atoms with Gasteiger partial charge in [0.2, 0.25) is 5.69 Å². The zero-order valence-electron chi connectivity index (χ0n) is 9.56. The third kappa shape index (κ3) is 8.25. The largest absolute Gasteiger partial charge is 0.319 e. The molecular weight excluding hydrogens is 235 g/mol. The van der Waals surface area contributed by atoms with E-state index in [0.717, 1.165) is 6.42 Å². The molecule has 14 heavy (non-hydrogen) atoms. The van der Waals surface area contributed by atoms with E-state index in [-0.39, 0.29) is 12.2 Å². The van der Waals surface area contributed by atoms with E-state index in [1.165, 1.54) is 0 Å².